The van der Waals surface area contributed by atoms with Crippen molar-refractivity contribution in [2.75, 3.05) is 5.73 Å². The number of phenols is 1. The molecule has 0 aromatic heterocycles. The summed E-state index contributed by atoms with van der Waals surface area (Å²) in [6.07, 6.45) is -0.110. The van der Waals surface area contributed by atoms with Crippen molar-refractivity contribution in [3.05, 3.63) is 27.8 Å². The average Bonchev–Trinajstić information content (AvgIpc) is 2.22. The highest BCUT2D eigenvalue weighted by Gasteiger charge is 2.20. The van der Waals surface area contributed by atoms with Crippen molar-refractivity contribution in [1.82, 2.24) is 0 Å². The maximum absolute atomic E-state index is 10.6. The second-order valence-corrected chi connectivity index (χ2v) is 3.46. The van der Waals surface area contributed by atoms with Gasteiger partial charge in [0.05, 0.1) is 10.6 Å². The minimum atomic E-state index is -1.22. The van der Waals surface area contributed by atoms with Gasteiger partial charge in [-0.05, 0) is 18.1 Å². The van der Waals surface area contributed by atoms with Crippen molar-refractivity contribution in [2.45, 2.75) is 12.5 Å². The Morgan fingerprint density at radius 3 is 2.59 bits per heavy atom. The van der Waals surface area contributed by atoms with Crippen LogP contribution in [0, 0.1) is 10.1 Å². The molecule has 0 bridgehead atoms. The first kappa shape index (κ1) is 12.7. The molecule has 0 fully saturated rings. The molecule has 1 aromatic rings. The monoisotopic (exact) mass is 241 g/mol. The average molecular weight is 241 g/mol. The lowest BCUT2D eigenvalue weighted by atomic mass is 10.0. The molecule has 0 amide bonds. The van der Waals surface area contributed by atoms with Gasteiger partial charge < -0.3 is 21.7 Å². The molecule has 0 heterocycles. The van der Waals surface area contributed by atoms with Crippen LogP contribution in [0.5, 0.6) is 5.75 Å². The van der Waals surface area contributed by atoms with Crippen LogP contribution in [0.15, 0.2) is 12.1 Å². The van der Waals surface area contributed by atoms with Gasteiger partial charge in [-0.2, -0.15) is 0 Å². The van der Waals surface area contributed by atoms with E-state index in [1.54, 1.807) is 0 Å². The van der Waals surface area contributed by atoms with Crippen molar-refractivity contribution >= 4 is 17.3 Å². The molecule has 8 nitrogen and oxygen atoms in total. The summed E-state index contributed by atoms with van der Waals surface area (Å²) in [6, 6.07) is 1.12. The predicted octanol–water partition coefficient (Wildman–Crippen LogP) is -0.163. The maximum Gasteiger partial charge on any atom is 0.320 e. The summed E-state index contributed by atoms with van der Waals surface area (Å²) >= 11 is 0. The molecule has 1 rings (SSSR count). The number of hydrogen-bond donors (Lipinski definition) is 4. The van der Waals surface area contributed by atoms with Crippen LogP contribution >= 0.6 is 0 Å². The van der Waals surface area contributed by atoms with E-state index in [0.717, 1.165) is 6.07 Å². The number of aliphatic carboxylic acids is 1. The molecule has 6 N–H and O–H groups in total. The highest BCUT2D eigenvalue weighted by Crippen LogP contribution is 2.33. The largest absolute Gasteiger partial charge is 0.501 e. The Morgan fingerprint density at radius 1 is 1.53 bits per heavy atom. The lowest BCUT2D eigenvalue weighted by Crippen LogP contribution is -2.32. The molecule has 1 aromatic carbocycles. The van der Waals surface area contributed by atoms with Crippen molar-refractivity contribution in [1.29, 1.82) is 0 Å². The predicted molar refractivity (Wildman–Crippen MR) is 58.5 cm³/mol. The first-order valence-electron chi connectivity index (χ1n) is 4.57. The van der Waals surface area contributed by atoms with E-state index in [2.05, 4.69) is 0 Å². The number of nitro groups is 1. The van der Waals surface area contributed by atoms with E-state index in [1.165, 1.54) is 6.07 Å². The fourth-order valence-electron chi connectivity index (χ4n) is 1.30. The van der Waals surface area contributed by atoms with Gasteiger partial charge in [-0.15, -0.1) is 0 Å². The fraction of sp³-hybridized carbons (Fsp3) is 0.222. The highest BCUT2D eigenvalue weighted by molar-refractivity contribution is 5.74. The first-order chi connectivity index (χ1) is 7.82. The van der Waals surface area contributed by atoms with E-state index in [-0.39, 0.29) is 17.7 Å². The summed E-state index contributed by atoms with van der Waals surface area (Å²) in [5.41, 5.74) is 10.2. The number of nitro benzene ring substituents is 1. The van der Waals surface area contributed by atoms with Crippen LogP contribution in [0.2, 0.25) is 0 Å². The molecule has 92 valence electrons. The summed E-state index contributed by atoms with van der Waals surface area (Å²) in [6.45, 7) is 0. The highest BCUT2D eigenvalue weighted by atomic mass is 16.6. The molecule has 0 saturated heterocycles. The summed E-state index contributed by atoms with van der Waals surface area (Å²) in [5, 5.41) is 28.5. The Hall–Kier alpha value is -2.35. The third kappa shape index (κ3) is 2.82. The van der Waals surface area contributed by atoms with Gasteiger partial charge in [-0.25, -0.2) is 0 Å². The van der Waals surface area contributed by atoms with Gasteiger partial charge in [-0.3, -0.25) is 14.9 Å². The molecule has 0 spiro atoms. The van der Waals surface area contributed by atoms with Crippen LogP contribution in [0.25, 0.3) is 0 Å². The van der Waals surface area contributed by atoms with Crippen molar-refractivity contribution in [3.8, 4) is 5.75 Å². The molecule has 0 aliphatic heterocycles. The Kier molecular flexibility index (Phi) is 3.49. The number of hydrogen-bond acceptors (Lipinski definition) is 6. The zero-order chi connectivity index (χ0) is 13.2. The summed E-state index contributed by atoms with van der Waals surface area (Å²) in [7, 11) is 0. The molecule has 0 radical (unpaired) electrons. The number of nitrogens with two attached hydrogens (primary N) is 2. The van der Waals surface area contributed by atoms with Gasteiger partial charge in [0.25, 0.3) is 0 Å². The van der Waals surface area contributed by atoms with Gasteiger partial charge in [0.15, 0.2) is 0 Å². The van der Waals surface area contributed by atoms with Crippen molar-refractivity contribution < 1.29 is 19.9 Å². The number of aromatic hydroxyl groups is 1. The lowest BCUT2D eigenvalue weighted by molar-refractivity contribution is -0.385. The molecule has 0 saturated carbocycles. The van der Waals surface area contributed by atoms with E-state index in [4.69, 9.17) is 16.6 Å². The fourth-order valence-corrected chi connectivity index (χ4v) is 1.30. The third-order valence-corrected chi connectivity index (χ3v) is 2.15. The number of anilines is 1. The Labute approximate surface area is 95.6 Å². The summed E-state index contributed by atoms with van der Waals surface area (Å²) < 4.78 is 0. The SMILES string of the molecule is Nc1cc(C[C@H](N)C(=O)O)cc([N+](=O)[O-])c1O. The van der Waals surface area contributed by atoms with Gasteiger partial charge >= 0.3 is 11.7 Å². The van der Waals surface area contributed by atoms with Crippen LogP contribution in [0.4, 0.5) is 11.4 Å². The minimum Gasteiger partial charge on any atom is -0.501 e. The van der Waals surface area contributed by atoms with Gasteiger partial charge in [-0.1, -0.05) is 0 Å². The molecule has 8 heteroatoms. The van der Waals surface area contributed by atoms with E-state index >= 15 is 0 Å². The number of carboxylic acid groups (broad SMARTS) is 1. The van der Waals surface area contributed by atoms with Crippen molar-refractivity contribution in [3.63, 3.8) is 0 Å². The van der Waals surface area contributed by atoms with Gasteiger partial charge in [0, 0.05) is 6.07 Å². The molecule has 0 aliphatic carbocycles. The van der Waals surface area contributed by atoms with Gasteiger partial charge in [0.1, 0.15) is 6.04 Å². The van der Waals surface area contributed by atoms with Crippen molar-refractivity contribution in [2.24, 2.45) is 5.73 Å². The molecule has 0 aliphatic rings. The topological polar surface area (TPSA) is 153 Å². The third-order valence-electron chi connectivity index (χ3n) is 2.15. The number of carboxylic acids is 1. The smallest absolute Gasteiger partial charge is 0.320 e. The van der Waals surface area contributed by atoms with Crippen LogP contribution < -0.4 is 11.5 Å². The number of phenolic OH excluding ortho intramolecular Hbond substituents is 1. The standard InChI is InChI=1S/C9H11N3O5/c10-5-1-4(2-6(11)9(14)15)3-7(8(5)13)12(16)17/h1,3,6,13H,2,10-11H2,(H,14,15)/t6-/m0/s1. The molecular formula is C9H11N3O5. The zero-order valence-electron chi connectivity index (χ0n) is 8.66. The number of carbonyl (C=O) groups is 1. The Balaban J connectivity index is 3.11. The second-order valence-electron chi connectivity index (χ2n) is 3.46. The van der Waals surface area contributed by atoms with Crippen LogP contribution in [0.1, 0.15) is 5.56 Å². The summed E-state index contributed by atoms with van der Waals surface area (Å²) in [4.78, 5) is 20.3. The quantitative estimate of drug-likeness (QED) is 0.247. The second kappa shape index (κ2) is 4.66. The number of nitrogen functional groups attached to an aromatic ring is 1. The first-order valence-corrected chi connectivity index (χ1v) is 4.57. The number of nitrogens with zero attached hydrogens (tertiary/aromatic N) is 1. The molecular weight excluding hydrogens is 230 g/mol. The lowest BCUT2D eigenvalue weighted by Gasteiger charge is -2.08. The number of benzene rings is 1. The number of rotatable bonds is 4. The van der Waals surface area contributed by atoms with E-state index in [9.17, 15) is 20.0 Å². The minimum absolute atomic E-state index is 0.110. The van der Waals surface area contributed by atoms with E-state index in [0.29, 0.717) is 0 Å². The van der Waals surface area contributed by atoms with Crippen LogP contribution in [0.3, 0.4) is 0 Å². The van der Waals surface area contributed by atoms with E-state index < -0.39 is 28.4 Å². The summed E-state index contributed by atoms with van der Waals surface area (Å²) in [5.74, 6) is -1.86. The maximum atomic E-state index is 10.6. The zero-order valence-corrected chi connectivity index (χ0v) is 8.66. The molecule has 17 heavy (non-hydrogen) atoms. The van der Waals surface area contributed by atoms with Crippen LogP contribution in [-0.2, 0) is 11.2 Å². The van der Waals surface area contributed by atoms with Crippen LogP contribution in [-0.4, -0.2) is 27.1 Å². The van der Waals surface area contributed by atoms with E-state index in [1.807, 2.05) is 0 Å². The van der Waals surface area contributed by atoms with Gasteiger partial charge in [0.2, 0.25) is 5.75 Å². The molecule has 0 unspecified atom stereocenters. The normalized spacial score (nSPS) is 12.1. The Bertz CT molecular complexity index is 474. The Morgan fingerprint density at radius 2 is 2.12 bits per heavy atom. The molecule has 1 atom stereocenters.